The second-order valence-corrected chi connectivity index (χ2v) is 2.83. The number of aryl methyl sites for hydroxylation is 1. The number of fused-ring (bicyclic) bond motifs is 1. The molecule has 2 heterocycles. The SMILES string of the molecule is Cc1[nH]c(=O)c2cccnc2c1O. The fraction of sp³-hybridized carbons (Fsp3) is 0.111. The van der Waals surface area contributed by atoms with Crippen molar-refractivity contribution in [1.29, 1.82) is 0 Å². The lowest BCUT2D eigenvalue weighted by molar-refractivity contribution is 0.472. The molecule has 2 aromatic rings. The number of pyridine rings is 2. The molecular weight excluding hydrogens is 168 g/mol. The van der Waals surface area contributed by atoms with E-state index in [2.05, 4.69) is 9.97 Å². The number of aromatic nitrogens is 2. The van der Waals surface area contributed by atoms with Crippen molar-refractivity contribution < 1.29 is 5.11 Å². The largest absolute Gasteiger partial charge is 0.504 e. The smallest absolute Gasteiger partial charge is 0.257 e. The Kier molecular flexibility index (Phi) is 1.55. The van der Waals surface area contributed by atoms with Crippen molar-refractivity contribution in [3.05, 3.63) is 34.4 Å². The Morgan fingerprint density at radius 3 is 3.08 bits per heavy atom. The molecular formula is C9H8N2O2. The van der Waals surface area contributed by atoms with Gasteiger partial charge in [-0.3, -0.25) is 9.78 Å². The summed E-state index contributed by atoms with van der Waals surface area (Å²) in [6.07, 6.45) is 1.54. The van der Waals surface area contributed by atoms with Crippen LogP contribution >= 0.6 is 0 Å². The Balaban J connectivity index is 3.06. The van der Waals surface area contributed by atoms with Gasteiger partial charge in [0.2, 0.25) is 0 Å². The summed E-state index contributed by atoms with van der Waals surface area (Å²) in [7, 11) is 0. The van der Waals surface area contributed by atoms with E-state index in [9.17, 15) is 9.90 Å². The zero-order chi connectivity index (χ0) is 9.42. The van der Waals surface area contributed by atoms with Crippen LogP contribution in [0.1, 0.15) is 5.69 Å². The summed E-state index contributed by atoms with van der Waals surface area (Å²) in [6.45, 7) is 1.63. The minimum atomic E-state index is -0.224. The van der Waals surface area contributed by atoms with Crippen LogP contribution < -0.4 is 5.56 Å². The van der Waals surface area contributed by atoms with E-state index in [1.54, 1.807) is 25.3 Å². The van der Waals surface area contributed by atoms with Crippen molar-refractivity contribution in [3.8, 4) is 5.75 Å². The second kappa shape index (κ2) is 2.58. The third-order valence-corrected chi connectivity index (χ3v) is 1.93. The van der Waals surface area contributed by atoms with Gasteiger partial charge in [0.15, 0.2) is 5.75 Å². The molecule has 0 amide bonds. The Morgan fingerprint density at radius 1 is 1.54 bits per heavy atom. The summed E-state index contributed by atoms with van der Waals surface area (Å²) < 4.78 is 0. The van der Waals surface area contributed by atoms with E-state index in [4.69, 9.17) is 0 Å². The number of hydrogen-bond donors (Lipinski definition) is 2. The van der Waals surface area contributed by atoms with E-state index in [1.165, 1.54) is 0 Å². The lowest BCUT2D eigenvalue weighted by atomic mass is 10.2. The first kappa shape index (κ1) is 7.79. The topological polar surface area (TPSA) is 66.0 Å². The van der Waals surface area contributed by atoms with E-state index in [0.29, 0.717) is 16.6 Å². The van der Waals surface area contributed by atoms with Crippen LogP contribution in [0.3, 0.4) is 0 Å². The monoisotopic (exact) mass is 176 g/mol. The first-order valence-corrected chi connectivity index (χ1v) is 3.86. The quantitative estimate of drug-likeness (QED) is 0.627. The maximum absolute atomic E-state index is 11.3. The number of aromatic hydroxyl groups is 1. The van der Waals surface area contributed by atoms with Gasteiger partial charge in [-0.15, -0.1) is 0 Å². The van der Waals surface area contributed by atoms with E-state index in [1.807, 2.05) is 0 Å². The summed E-state index contributed by atoms with van der Waals surface area (Å²) in [5.41, 5.74) is 0.568. The fourth-order valence-corrected chi connectivity index (χ4v) is 1.25. The molecule has 0 saturated carbocycles. The molecule has 0 aliphatic carbocycles. The van der Waals surface area contributed by atoms with Crippen molar-refractivity contribution in [2.24, 2.45) is 0 Å². The van der Waals surface area contributed by atoms with E-state index < -0.39 is 0 Å². The van der Waals surface area contributed by atoms with Crippen LogP contribution in [0, 0.1) is 6.92 Å². The van der Waals surface area contributed by atoms with Crippen molar-refractivity contribution in [3.63, 3.8) is 0 Å². The highest BCUT2D eigenvalue weighted by Gasteiger charge is 2.06. The summed E-state index contributed by atoms with van der Waals surface area (Å²) in [5, 5.41) is 9.96. The summed E-state index contributed by atoms with van der Waals surface area (Å²) in [5.74, 6) is 0.0372. The van der Waals surface area contributed by atoms with Gasteiger partial charge in [0.1, 0.15) is 5.52 Å². The average molecular weight is 176 g/mol. The van der Waals surface area contributed by atoms with Crippen molar-refractivity contribution in [2.75, 3.05) is 0 Å². The Labute approximate surface area is 73.9 Å². The molecule has 0 radical (unpaired) electrons. The van der Waals surface area contributed by atoms with Crippen LogP contribution in [-0.4, -0.2) is 15.1 Å². The third kappa shape index (κ3) is 1.07. The summed E-state index contributed by atoms with van der Waals surface area (Å²) in [4.78, 5) is 17.8. The lowest BCUT2D eigenvalue weighted by Crippen LogP contribution is -2.08. The first-order valence-electron chi connectivity index (χ1n) is 3.86. The minimum absolute atomic E-state index is 0.0372. The molecule has 0 bridgehead atoms. The van der Waals surface area contributed by atoms with Gasteiger partial charge in [-0.25, -0.2) is 0 Å². The van der Waals surface area contributed by atoms with Gasteiger partial charge in [0, 0.05) is 6.20 Å². The van der Waals surface area contributed by atoms with E-state index in [0.717, 1.165) is 0 Å². The van der Waals surface area contributed by atoms with Crippen molar-refractivity contribution in [2.45, 2.75) is 6.92 Å². The van der Waals surface area contributed by atoms with Crippen molar-refractivity contribution in [1.82, 2.24) is 9.97 Å². The normalized spacial score (nSPS) is 10.5. The highest BCUT2D eigenvalue weighted by Crippen LogP contribution is 2.20. The summed E-state index contributed by atoms with van der Waals surface area (Å²) >= 11 is 0. The van der Waals surface area contributed by atoms with Gasteiger partial charge in [0.25, 0.3) is 5.56 Å². The number of aromatic amines is 1. The molecule has 0 aromatic carbocycles. The molecule has 2 N–H and O–H groups in total. The van der Waals surface area contributed by atoms with Crippen LogP contribution in [0.5, 0.6) is 5.75 Å². The molecule has 0 spiro atoms. The number of hydrogen-bond acceptors (Lipinski definition) is 3. The predicted octanol–water partition coefficient (Wildman–Crippen LogP) is 0.937. The molecule has 4 heteroatoms. The molecule has 0 aliphatic heterocycles. The second-order valence-electron chi connectivity index (χ2n) is 2.83. The number of H-pyrrole nitrogens is 1. The molecule has 4 nitrogen and oxygen atoms in total. The van der Waals surface area contributed by atoms with Crippen LogP contribution in [0.4, 0.5) is 0 Å². The van der Waals surface area contributed by atoms with Crippen LogP contribution in [0.2, 0.25) is 0 Å². The third-order valence-electron chi connectivity index (χ3n) is 1.93. The van der Waals surface area contributed by atoms with Crippen LogP contribution in [0.15, 0.2) is 23.1 Å². The van der Waals surface area contributed by atoms with E-state index in [-0.39, 0.29) is 11.3 Å². The number of nitrogens with one attached hydrogen (secondary N) is 1. The molecule has 0 fully saturated rings. The Hall–Kier alpha value is -1.84. The van der Waals surface area contributed by atoms with Gasteiger partial charge in [-0.1, -0.05) is 0 Å². The van der Waals surface area contributed by atoms with Gasteiger partial charge in [-0.05, 0) is 19.1 Å². The molecule has 0 atom stereocenters. The molecule has 0 unspecified atom stereocenters. The first-order chi connectivity index (χ1) is 6.20. The Morgan fingerprint density at radius 2 is 2.31 bits per heavy atom. The molecule has 2 aromatic heterocycles. The molecule has 66 valence electrons. The number of rotatable bonds is 0. The highest BCUT2D eigenvalue weighted by atomic mass is 16.3. The van der Waals surface area contributed by atoms with Gasteiger partial charge in [-0.2, -0.15) is 0 Å². The van der Waals surface area contributed by atoms with Gasteiger partial charge in [0.05, 0.1) is 11.1 Å². The highest BCUT2D eigenvalue weighted by molar-refractivity contribution is 5.83. The number of nitrogens with zero attached hydrogens (tertiary/aromatic N) is 1. The standard InChI is InChI=1S/C9H8N2O2/c1-5-8(12)7-6(9(13)11-5)3-2-4-10-7/h2-4,12H,1H3,(H,11,13). The maximum Gasteiger partial charge on any atom is 0.257 e. The van der Waals surface area contributed by atoms with Crippen LogP contribution in [0.25, 0.3) is 10.9 Å². The zero-order valence-electron chi connectivity index (χ0n) is 7.03. The maximum atomic E-state index is 11.3. The fourth-order valence-electron chi connectivity index (χ4n) is 1.25. The van der Waals surface area contributed by atoms with Gasteiger partial charge < -0.3 is 10.1 Å². The van der Waals surface area contributed by atoms with Crippen LogP contribution in [-0.2, 0) is 0 Å². The summed E-state index contributed by atoms with van der Waals surface area (Å²) in [6, 6.07) is 3.28. The minimum Gasteiger partial charge on any atom is -0.504 e. The molecule has 0 aliphatic rings. The molecule has 0 saturated heterocycles. The molecule has 13 heavy (non-hydrogen) atoms. The predicted molar refractivity (Wildman–Crippen MR) is 48.8 cm³/mol. The van der Waals surface area contributed by atoms with Gasteiger partial charge >= 0.3 is 0 Å². The van der Waals surface area contributed by atoms with Crippen molar-refractivity contribution >= 4 is 10.9 Å². The lowest BCUT2D eigenvalue weighted by Gasteiger charge is -2.01. The van der Waals surface area contributed by atoms with E-state index >= 15 is 0 Å². The Bertz CT molecular complexity index is 516. The zero-order valence-corrected chi connectivity index (χ0v) is 7.03. The average Bonchev–Trinajstić information content (AvgIpc) is 2.15. The molecule has 2 rings (SSSR count).